The maximum atomic E-state index is 12.4. The Hall–Kier alpha value is -1.52. The van der Waals surface area contributed by atoms with Gasteiger partial charge in [-0.2, -0.15) is 0 Å². The summed E-state index contributed by atoms with van der Waals surface area (Å²) in [6.45, 7) is 1.60. The van der Waals surface area contributed by atoms with Crippen LogP contribution in [0, 0.1) is 6.92 Å². The van der Waals surface area contributed by atoms with Crippen LogP contribution < -0.4 is 0 Å². The Morgan fingerprint density at radius 3 is 2.73 bits per heavy atom. The van der Waals surface area contributed by atoms with E-state index in [2.05, 4.69) is 9.72 Å². The van der Waals surface area contributed by atoms with Gasteiger partial charge in [-0.1, -0.05) is 0 Å². The molecule has 0 saturated heterocycles. The number of hydrogen-bond acceptors (Lipinski definition) is 3. The van der Waals surface area contributed by atoms with Crippen molar-refractivity contribution in [3.8, 4) is 0 Å². The van der Waals surface area contributed by atoms with Crippen molar-refractivity contribution < 1.29 is 18.3 Å². The van der Waals surface area contributed by atoms with Crippen LogP contribution in [-0.2, 0) is 16.0 Å². The van der Waals surface area contributed by atoms with Gasteiger partial charge in [0.1, 0.15) is 5.69 Å². The minimum atomic E-state index is -2.62. The Bertz CT molecular complexity index is 366. The van der Waals surface area contributed by atoms with Gasteiger partial charge >= 0.3 is 5.97 Å². The number of halogens is 2. The number of rotatable bonds is 3. The third kappa shape index (κ3) is 3.27. The molecule has 15 heavy (non-hydrogen) atoms. The van der Waals surface area contributed by atoms with Crippen LogP contribution >= 0.6 is 0 Å². The molecule has 1 aromatic rings. The minimum absolute atomic E-state index is 0.0143. The molecule has 1 rings (SSSR count). The summed E-state index contributed by atoms with van der Waals surface area (Å²) in [5, 5.41) is 0. The summed E-state index contributed by atoms with van der Waals surface area (Å²) in [6.07, 6.45) is -2.64. The monoisotopic (exact) mass is 215 g/mol. The van der Waals surface area contributed by atoms with Crippen molar-refractivity contribution in [3.05, 3.63) is 29.1 Å². The van der Waals surface area contributed by atoms with E-state index in [1.807, 2.05) is 0 Å². The van der Waals surface area contributed by atoms with Crippen LogP contribution in [0.4, 0.5) is 8.78 Å². The lowest BCUT2D eigenvalue weighted by Crippen LogP contribution is -2.06. The summed E-state index contributed by atoms with van der Waals surface area (Å²) in [5.74, 6) is -0.458. The van der Waals surface area contributed by atoms with Gasteiger partial charge in [-0.25, -0.2) is 8.78 Å². The second kappa shape index (κ2) is 4.82. The van der Waals surface area contributed by atoms with E-state index >= 15 is 0 Å². The van der Waals surface area contributed by atoms with Crippen molar-refractivity contribution in [2.45, 2.75) is 19.8 Å². The van der Waals surface area contributed by atoms with E-state index in [0.717, 1.165) is 0 Å². The summed E-state index contributed by atoms with van der Waals surface area (Å²) in [5.41, 5.74) is 0.644. The van der Waals surface area contributed by atoms with Crippen LogP contribution in [0.2, 0.25) is 0 Å². The molecule has 1 heterocycles. The Morgan fingerprint density at radius 2 is 2.20 bits per heavy atom. The molecule has 82 valence electrons. The molecule has 0 radical (unpaired) electrons. The first-order valence-corrected chi connectivity index (χ1v) is 4.35. The summed E-state index contributed by atoms with van der Waals surface area (Å²) in [6, 6.07) is 2.80. The molecule has 1 aromatic heterocycles. The third-order valence-electron chi connectivity index (χ3n) is 1.83. The van der Waals surface area contributed by atoms with Gasteiger partial charge in [-0.3, -0.25) is 9.78 Å². The van der Waals surface area contributed by atoms with E-state index < -0.39 is 12.4 Å². The zero-order valence-electron chi connectivity index (χ0n) is 8.46. The van der Waals surface area contributed by atoms with Gasteiger partial charge in [-0.15, -0.1) is 0 Å². The van der Waals surface area contributed by atoms with Crippen LogP contribution in [-0.4, -0.2) is 18.1 Å². The average Bonchev–Trinajstić information content (AvgIpc) is 2.16. The van der Waals surface area contributed by atoms with Gasteiger partial charge in [0.15, 0.2) is 0 Å². The highest BCUT2D eigenvalue weighted by molar-refractivity contribution is 5.72. The Balaban J connectivity index is 2.93. The highest BCUT2D eigenvalue weighted by Gasteiger charge is 2.12. The second-order valence-electron chi connectivity index (χ2n) is 3.10. The molecule has 0 atom stereocenters. The molecule has 0 unspecified atom stereocenters. The number of pyridine rings is 1. The standard InChI is InChI=1S/C10H11F2NO2/c1-6-3-7(5-9(14)15-2)4-8(13-6)10(11)12/h3-4,10H,5H2,1-2H3. The molecular formula is C10H11F2NO2. The van der Waals surface area contributed by atoms with Crippen molar-refractivity contribution in [2.75, 3.05) is 7.11 Å². The third-order valence-corrected chi connectivity index (χ3v) is 1.83. The highest BCUT2D eigenvalue weighted by Crippen LogP contribution is 2.18. The number of alkyl halides is 2. The zero-order chi connectivity index (χ0) is 11.4. The largest absolute Gasteiger partial charge is 0.469 e. The molecule has 3 nitrogen and oxygen atoms in total. The maximum Gasteiger partial charge on any atom is 0.309 e. The van der Waals surface area contributed by atoms with Crippen LogP contribution in [0.1, 0.15) is 23.4 Å². The van der Waals surface area contributed by atoms with E-state index in [0.29, 0.717) is 11.3 Å². The van der Waals surface area contributed by atoms with Crippen molar-refractivity contribution >= 4 is 5.97 Å². The molecule has 0 aliphatic carbocycles. The summed E-state index contributed by atoms with van der Waals surface area (Å²) < 4.78 is 29.2. The number of aryl methyl sites for hydroxylation is 1. The topological polar surface area (TPSA) is 39.2 Å². The lowest BCUT2D eigenvalue weighted by atomic mass is 10.1. The summed E-state index contributed by atoms with van der Waals surface area (Å²) in [4.78, 5) is 14.6. The Morgan fingerprint density at radius 1 is 1.53 bits per heavy atom. The fourth-order valence-corrected chi connectivity index (χ4v) is 1.22. The lowest BCUT2D eigenvalue weighted by Gasteiger charge is -2.05. The molecule has 0 N–H and O–H groups in total. The highest BCUT2D eigenvalue weighted by atomic mass is 19.3. The second-order valence-corrected chi connectivity index (χ2v) is 3.10. The van der Waals surface area contributed by atoms with Crippen molar-refractivity contribution in [1.29, 1.82) is 0 Å². The first-order valence-electron chi connectivity index (χ1n) is 4.35. The quantitative estimate of drug-likeness (QED) is 0.724. The van der Waals surface area contributed by atoms with Crippen LogP contribution in [0.15, 0.2) is 12.1 Å². The SMILES string of the molecule is COC(=O)Cc1cc(C)nc(C(F)F)c1. The fraction of sp³-hybridized carbons (Fsp3) is 0.400. The van der Waals surface area contributed by atoms with Crippen molar-refractivity contribution in [1.82, 2.24) is 4.98 Å². The van der Waals surface area contributed by atoms with Gasteiger partial charge in [-0.05, 0) is 24.6 Å². The normalized spacial score (nSPS) is 10.5. The van der Waals surface area contributed by atoms with E-state index in [1.165, 1.54) is 13.2 Å². The average molecular weight is 215 g/mol. The number of carbonyl (C=O) groups is 1. The molecule has 5 heteroatoms. The smallest absolute Gasteiger partial charge is 0.309 e. The van der Waals surface area contributed by atoms with E-state index in [1.54, 1.807) is 13.0 Å². The van der Waals surface area contributed by atoms with Gasteiger partial charge in [0.05, 0.1) is 13.5 Å². The number of hydrogen-bond donors (Lipinski definition) is 0. The molecule has 0 fully saturated rings. The number of ether oxygens (including phenoxy) is 1. The molecule has 0 aromatic carbocycles. The van der Waals surface area contributed by atoms with Crippen LogP contribution in [0.5, 0.6) is 0 Å². The van der Waals surface area contributed by atoms with Crippen LogP contribution in [0.25, 0.3) is 0 Å². The minimum Gasteiger partial charge on any atom is -0.469 e. The Kier molecular flexibility index (Phi) is 3.71. The predicted octanol–water partition coefficient (Wildman–Crippen LogP) is 2.04. The zero-order valence-corrected chi connectivity index (χ0v) is 8.46. The lowest BCUT2D eigenvalue weighted by molar-refractivity contribution is -0.139. The maximum absolute atomic E-state index is 12.4. The van der Waals surface area contributed by atoms with Crippen molar-refractivity contribution in [3.63, 3.8) is 0 Å². The van der Waals surface area contributed by atoms with E-state index in [4.69, 9.17) is 0 Å². The molecule has 0 amide bonds. The van der Waals surface area contributed by atoms with Gasteiger partial charge in [0.2, 0.25) is 0 Å². The Labute approximate surface area is 86.1 Å². The molecule has 0 saturated carbocycles. The number of esters is 1. The number of carbonyl (C=O) groups excluding carboxylic acids is 1. The number of aromatic nitrogens is 1. The van der Waals surface area contributed by atoms with Gasteiger partial charge in [0, 0.05) is 5.69 Å². The molecular weight excluding hydrogens is 204 g/mol. The fourth-order valence-electron chi connectivity index (χ4n) is 1.22. The summed E-state index contributed by atoms with van der Waals surface area (Å²) >= 11 is 0. The van der Waals surface area contributed by atoms with Crippen LogP contribution in [0.3, 0.4) is 0 Å². The first kappa shape index (κ1) is 11.6. The van der Waals surface area contributed by atoms with Gasteiger partial charge in [0.25, 0.3) is 6.43 Å². The molecule has 0 aliphatic rings. The predicted molar refractivity (Wildman–Crippen MR) is 49.7 cm³/mol. The molecule has 0 aliphatic heterocycles. The summed E-state index contributed by atoms with van der Waals surface area (Å²) in [7, 11) is 1.25. The number of nitrogens with zero attached hydrogens (tertiary/aromatic N) is 1. The first-order chi connectivity index (χ1) is 7.02. The van der Waals surface area contributed by atoms with Crippen molar-refractivity contribution in [2.24, 2.45) is 0 Å². The molecule has 0 spiro atoms. The molecule has 0 bridgehead atoms. The number of methoxy groups -OCH3 is 1. The van der Waals surface area contributed by atoms with E-state index in [-0.39, 0.29) is 12.1 Å². The van der Waals surface area contributed by atoms with E-state index in [9.17, 15) is 13.6 Å². The van der Waals surface area contributed by atoms with Gasteiger partial charge < -0.3 is 4.74 Å².